The Kier molecular flexibility index (Phi) is 5.48. The van der Waals surface area contributed by atoms with Gasteiger partial charge in [0.25, 0.3) is 14.1 Å². The fourth-order valence-electron chi connectivity index (χ4n) is 3.85. The van der Waals surface area contributed by atoms with Gasteiger partial charge in [0.1, 0.15) is 5.82 Å². The van der Waals surface area contributed by atoms with Crippen LogP contribution in [0.1, 0.15) is 46.1 Å². The Bertz CT molecular complexity index is 591. The first-order valence-corrected chi connectivity index (χ1v) is 10.5. The van der Waals surface area contributed by atoms with E-state index in [1.54, 1.807) is 0 Å². The van der Waals surface area contributed by atoms with Gasteiger partial charge in [-0.1, -0.05) is 62.9 Å². The molecular formula is C17H24AlF2NO2. The maximum atomic E-state index is 14.0. The van der Waals surface area contributed by atoms with Gasteiger partial charge >= 0.3 is 5.69 Å². The first-order valence-electron chi connectivity index (χ1n) is 8.31. The van der Waals surface area contributed by atoms with Crippen LogP contribution in [0.3, 0.4) is 0 Å². The van der Waals surface area contributed by atoms with Gasteiger partial charge in [-0.25, -0.2) is 4.39 Å². The van der Waals surface area contributed by atoms with Crippen molar-refractivity contribution >= 4 is 19.8 Å². The zero-order valence-electron chi connectivity index (χ0n) is 14.2. The van der Waals surface area contributed by atoms with Gasteiger partial charge in [-0.3, -0.25) is 10.1 Å². The van der Waals surface area contributed by atoms with E-state index < -0.39 is 36.4 Å². The highest BCUT2D eigenvalue weighted by Crippen LogP contribution is 2.56. The predicted molar refractivity (Wildman–Crippen MR) is 89.0 cm³/mol. The number of hydrogen-bond donors (Lipinski definition) is 0. The largest absolute Gasteiger partial charge is 0.307 e. The number of rotatable bonds is 7. The van der Waals surface area contributed by atoms with Gasteiger partial charge in [-0.15, -0.1) is 0 Å². The lowest BCUT2D eigenvalue weighted by atomic mass is 10.1. The van der Waals surface area contributed by atoms with E-state index in [0.717, 1.165) is 23.4 Å². The van der Waals surface area contributed by atoms with Crippen LogP contribution in [0.4, 0.5) is 14.5 Å². The summed E-state index contributed by atoms with van der Waals surface area (Å²) in [6, 6.07) is 1.84. The monoisotopic (exact) mass is 339 g/mol. The molecule has 0 amide bonds. The second kappa shape index (κ2) is 6.86. The summed E-state index contributed by atoms with van der Waals surface area (Å²) in [4.78, 5) is 10.7. The minimum absolute atomic E-state index is 0.306. The molecule has 1 saturated carbocycles. The van der Waals surface area contributed by atoms with E-state index in [4.69, 9.17) is 0 Å². The summed E-state index contributed by atoms with van der Waals surface area (Å²) in [5, 5.41) is 13.5. The maximum absolute atomic E-state index is 14.0. The maximum Gasteiger partial charge on any atom is 0.307 e. The molecule has 3 nitrogen and oxygen atoms in total. The molecule has 0 unspecified atom stereocenters. The highest BCUT2D eigenvalue weighted by Gasteiger charge is 2.56. The molecule has 0 N–H and O–H groups in total. The average Bonchev–Trinajstić information content (AvgIpc) is 3.16. The second-order valence-corrected chi connectivity index (χ2v) is 11.1. The van der Waals surface area contributed by atoms with E-state index in [2.05, 4.69) is 27.7 Å². The Morgan fingerprint density at radius 3 is 2.09 bits per heavy atom. The third kappa shape index (κ3) is 3.92. The zero-order chi connectivity index (χ0) is 17.4. The topological polar surface area (TPSA) is 43.1 Å². The summed E-state index contributed by atoms with van der Waals surface area (Å²) < 4.78 is 27.5. The second-order valence-electron chi connectivity index (χ2n) is 7.65. The Morgan fingerprint density at radius 2 is 1.70 bits per heavy atom. The van der Waals surface area contributed by atoms with Crippen molar-refractivity contribution < 1.29 is 13.7 Å². The molecule has 126 valence electrons. The van der Waals surface area contributed by atoms with E-state index in [9.17, 15) is 18.9 Å². The lowest BCUT2D eigenvalue weighted by Gasteiger charge is -2.26. The molecule has 6 heteroatoms. The number of nitro benzene ring substituents is 1. The molecule has 1 aromatic carbocycles. The minimum atomic E-state index is -1.42. The van der Waals surface area contributed by atoms with Crippen molar-refractivity contribution in [3.63, 3.8) is 0 Å². The number of nitro groups is 1. The quantitative estimate of drug-likeness (QED) is 0.387. The molecule has 0 spiro atoms. The molecule has 0 saturated heterocycles. The lowest BCUT2D eigenvalue weighted by molar-refractivity contribution is -0.388. The van der Waals surface area contributed by atoms with Gasteiger partial charge < -0.3 is 0 Å². The van der Waals surface area contributed by atoms with Crippen molar-refractivity contribution in [2.45, 2.75) is 55.4 Å². The van der Waals surface area contributed by atoms with Gasteiger partial charge in [0.05, 0.1) is 4.92 Å². The number of hydrogen-bond acceptors (Lipinski definition) is 2. The van der Waals surface area contributed by atoms with Gasteiger partial charge in [-0.05, 0) is 10.3 Å². The molecule has 1 fully saturated rings. The Labute approximate surface area is 140 Å². The molecule has 0 atom stereocenters. The molecule has 0 radical (unpaired) electrons. The third-order valence-corrected chi connectivity index (χ3v) is 10.3. The average molecular weight is 339 g/mol. The van der Waals surface area contributed by atoms with Crippen molar-refractivity contribution in [2.75, 3.05) is 0 Å². The van der Waals surface area contributed by atoms with Crippen LogP contribution in [0.15, 0.2) is 12.1 Å². The standard InChI is InChI=1S/C9H6F2NO2.2C4H9.Al/c10-6-3-7(5-1-2-5)9(12(13)14)8(11)4-6;2*1-4(2)3;/h3-4H,1-2H2;2*4H,1H2,2-3H3;. The number of nitrogens with zero attached hydrogens (tertiary/aromatic N) is 1. The van der Waals surface area contributed by atoms with Crippen LogP contribution < -0.4 is 0 Å². The zero-order valence-corrected chi connectivity index (χ0v) is 15.4. The van der Waals surface area contributed by atoms with Crippen molar-refractivity contribution in [3.05, 3.63) is 39.4 Å². The summed E-state index contributed by atoms with van der Waals surface area (Å²) in [6.07, 6.45) is 1.65. The molecule has 23 heavy (non-hydrogen) atoms. The van der Waals surface area contributed by atoms with Crippen LogP contribution in [0.5, 0.6) is 0 Å². The lowest BCUT2D eigenvalue weighted by Crippen LogP contribution is -2.34. The van der Waals surface area contributed by atoms with E-state index in [1.807, 2.05) is 0 Å². The molecule has 0 bridgehead atoms. The Morgan fingerprint density at radius 1 is 1.17 bits per heavy atom. The van der Waals surface area contributed by atoms with Crippen LogP contribution in [0.2, 0.25) is 10.6 Å². The SMILES string of the molecule is CC(C)[CH2][Al]([CH2]C(C)C)[C]1(c2cc(F)cc(F)c2[N+](=O)[O-])CC1. The molecule has 1 aromatic rings. The van der Waals surface area contributed by atoms with Crippen LogP contribution in [-0.2, 0) is 4.28 Å². The van der Waals surface area contributed by atoms with Gasteiger partial charge in [-0.2, -0.15) is 4.39 Å². The van der Waals surface area contributed by atoms with Crippen LogP contribution in [0, 0.1) is 33.6 Å². The van der Waals surface area contributed by atoms with E-state index in [-0.39, 0.29) is 4.28 Å². The molecule has 1 aliphatic carbocycles. The normalized spacial score (nSPS) is 16.0. The molecule has 0 heterocycles. The van der Waals surface area contributed by atoms with Crippen molar-refractivity contribution in [2.24, 2.45) is 11.8 Å². The van der Waals surface area contributed by atoms with E-state index in [0.29, 0.717) is 23.5 Å². The molecular weight excluding hydrogens is 315 g/mol. The number of halogens is 2. The minimum Gasteiger partial charge on any atom is -0.258 e. The molecule has 0 aliphatic heterocycles. The molecule has 2 rings (SSSR count). The highest BCUT2D eigenvalue weighted by molar-refractivity contribution is 6.63. The Hall–Kier alpha value is -0.988. The van der Waals surface area contributed by atoms with Gasteiger partial charge in [0.15, 0.2) is 0 Å². The fraction of sp³-hybridized carbons (Fsp3) is 0.647. The highest BCUT2D eigenvalue weighted by atomic mass is 27.2. The Balaban J connectivity index is 2.51. The fourth-order valence-corrected chi connectivity index (χ4v) is 8.84. The van der Waals surface area contributed by atoms with Crippen molar-refractivity contribution in [1.29, 1.82) is 0 Å². The summed E-state index contributed by atoms with van der Waals surface area (Å²) in [5.74, 6) is -0.755. The molecule has 1 aliphatic rings. The smallest absolute Gasteiger partial charge is 0.258 e. The third-order valence-electron chi connectivity index (χ3n) is 4.83. The van der Waals surface area contributed by atoms with Gasteiger partial charge in [0.2, 0.25) is 5.82 Å². The summed E-state index contributed by atoms with van der Waals surface area (Å²) in [7, 11) is 0. The molecule has 0 aromatic heterocycles. The van der Waals surface area contributed by atoms with Crippen molar-refractivity contribution in [1.82, 2.24) is 0 Å². The van der Waals surface area contributed by atoms with Gasteiger partial charge in [0, 0.05) is 11.6 Å². The first kappa shape index (κ1) is 18.4. The summed E-state index contributed by atoms with van der Waals surface area (Å²) >= 11 is -1.42. The van der Waals surface area contributed by atoms with Crippen LogP contribution in [0.25, 0.3) is 0 Å². The summed E-state index contributed by atoms with van der Waals surface area (Å²) in [6.45, 7) is 8.60. The van der Waals surface area contributed by atoms with Crippen LogP contribution in [-0.4, -0.2) is 19.1 Å². The number of benzene rings is 1. The van der Waals surface area contributed by atoms with Crippen LogP contribution >= 0.6 is 0 Å². The van der Waals surface area contributed by atoms with E-state index >= 15 is 0 Å². The predicted octanol–water partition coefficient (Wildman–Crippen LogP) is 5.25. The van der Waals surface area contributed by atoms with Crippen molar-refractivity contribution in [3.8, 4) is 0 Å². The van der Waals surface area contributed by atoms with E-state index in [1.165, 1.54) is 6.07 Å². The first-order chi connectivity index (χ1) is 10.7. The summed E-state index contributed by atoms with van der Waals surface area (Å²) in [5.41, 5.74) is -0.188.